The SMILES string of the molecule is CC(C)Oc1ncc(C(=O)N(C)Cc2cccc(C(N)=O)c2)cc1Cl. The molecule has 7 heteroatoms. The Morgan fingerprint density at radius 1 is 1.28 bits per heavy atom. The predicted molar refractivity (Wildman–Crippen MR) is 95.8 cm³/mol. The summed E-state index contributed by atoms with van der Waals surface area (Å²) in [6.45, 7) is 4.05. The molecule has 0 atom stereocenters. The number of nitrogens with two attached hydrogens (primary N) is 1. The Balaban J connectivity index is 2.13. The van der Waals surface area contributed by atoms with Gasteiger partial charge in [0.1, 0.15) is 5.02 Å². The number of carbonyl (C=O) groups excluding carboxylic acids is 2. The first-order chi connectivity index (χ1) is 11.8. The van der Waals surface area contributed by atoms with Crippen molar-refractivity contribution in [1.29, 1.82) is 0 Å². The van der Waals surface area contributed by atoms with Crippen LogP contribution < -0.4 is 10.5 Å². The molecule has 2 amide bonds. The van der Waals surface area contributed by atoms with Crippen molar-refractivity contribution >= 4 is 23.4 Å². The van der Waals surface area contributed by atoms with Crippen LogP contribution in [-0.2, 0) is 6.54 Å². The van der Waals surface area contributed by atoms with E-state index in [1.807, 2.05) is 19.9 Å². The molecule has 6 nitrogen and oxygen atoms in total. The topological polar surface area (TPSA) is 85.5 Å². The molecule has 0 fully saturated rings. The summed E-state index contributed by atoms with van der Waals surface area (Å²) in [6.07, 6.45) is 1.37. The minimum Gasteiger partial charge on any atom is -0.474 e. The average molecular weight is 362 g/mol. The lowest BCUT2D eigenvalue weighted by atomic mass is 10.1. The summed E-state index contributed by atoms with van der Waals surface area (Å²) < 4.78 is 5.46. The van der Waals surface area contributed by atoms with Crippen LogP contribution >= 0.6 is 11.6 Å². The second-order valence-electron chi connectivity index (χ2n) is 5.90. The Kier molecular flexibility index (Phi) is 5.98. The first kappa shape index (κ1) is 18.7. The van der Waals surface area contributed by atoms with Gasteiger partial charge in [0.25, 0.3) is 5.91 Å². The largest absolute Gasteiger partial charge is 0.474 e. The number of carbonyl (C=O) groups is 2. The molecule has 0 aliphatic heterocycles. The first-order valence-corrected chi connectivity index (χ1v) is 8.12. The van der Waals surface area contributed by atoms with Crippen molar-refractivity contribution in [2.24, 2.45) is 5.73 Å². The molecule has 0 bridgehead atoms. The Labute approximate surface area is 151 Å². The highest BCUT2D eigenvalue weighted by Crippen LogP contribution is 2.24. The van der Waals surface area contributed by atoms with Crippen LogP contribution in [0.1, 0.15) is 40.1 Å². The number of benzene rings is 1. The lowest BCUT2D eigenvalue weighted by Gasteiger charge is -2.18. The van der Waals surface area contributed by atoms with Crippen LogP contribution in [0.15, 0.2) is 36.5 Å². The molecule has 0 saturated carbocycles. The van der Waals surface area contributed by atoms with Gasteiger partial charge in [-0.2, -0.15) is 0 Å². The Morgan fingerprint density at radius 2 is 2.00 bits per heavy atom. The molecular formula is C18H20ClN3O3. The van der Waals surface area contributed by atoms with Gasteiger partial charge in [-0.25, -0.2) is 4.98 Å². The van der Waals surface area contributed by atoms with Crippen LogP contribution in [0.2, 0.25) is 5.02 Å². The van der Waals surface area contributed by atoms with E-state index in [0.717, 1.165) is 5.56 Å². The number of nitrogens with zero attached hydrogens (tertiary/aromatic N) is 2. The van der Waals surface area contributed by atoms with E-state index in [9.17, 15) is 9.59 Å². The van der Waals surface area contributed by atoms with Gasteiger partial charge in [-0.3, -0.25) is 9.59 Å². The number of amides is 2. The molecule has 2 N–H and O–H groups in total. The first-order valence-electron chi connectivity index (χ1n) is 7.74. The molecule has 0 aliphatic rings. The number of pyridine rings is 1. The highest BCUT2D eigenvalue weighted by molar-refractivity contribution is 6.32. The zero-order valence-corrected chi connectivity index (χ0v) is 15.1. The maximum atomic E-state index is 12.5. The number of hydrogen-bond acceptors (Lipinski definition) is 4. The van der Waals surface area contributed by atoms with Gasteiger partial charge in [0, 0.05) is 25.4 Å². The van der Waals surface area contributed by atoms with Crippen LogP contribution in [0.5, 0.6) is 5.88 Å². The van der Waals surface area contributed by atoms with Crippen molar-refractivity contribution < 1.29 is 14.3 Å². The van der Waals surface area contributed by atoms with Gasteiger partial charge in [-0.05, 0) is 37.6 Å². The van der Waals surface area contributed by atoms with E-state index in [-0.39, 0.29) is 17.0 Å². The average Bonchev–Trinajstić information content (AvgIpc) is 2.55. The van der Waals surface area contributed by atoms with Crippen LogP contribution in [-0.4, -0.2) is 34.8 Å². The second kappa shape index (κ2) is 7.98. The van der Waals surface area contributed by atoms with Gasteiger partial charge >= 0.3 is 0 Å². The fourth-order valence-corrected chi connectivity index (χ4v) is 2.45. The van der Waals surface area contributed by atoms with E-state index in [2.05, 4.69) is 4.98 Å². The van der Waals surface area contributed by atoms with Crippen molar-refractivity contribution in [2.45, 2.75) is 26.5 Å². The maximum absolute atomic E-state index is 12.5. The summed E-state index contributed by atoms with van der Waals surface area (Å²) in [7, 11) is 1.66. The summed E-state index contributed by atoms with van der Waals surface area (Å²) in [5, 5.41) is 0.281. The summed E-state index contributed by atoms with van der Waals surface area (Å²) in [5.41, 5.74) is 6.83. The van der Waals surface area contributed by atoms with Crippen molar-refractivity contribution in [1.82, 2.24) is 9.88 Å². The lowest BCUT2D eigenvalue weighted by Crippen LogP contribution is -2.26. The smallest absolute Gasteiger partial charge is 0.255 e. The van der Waals surface area contributed by atoms with Gasteiger partial charge in [-0.1, -0.05) is 23.7 Å². The maximum Gasteiger partial charge on any atom is 0.255 e. The van der Waals surface area contributed by atoms with Gasteiger partial charge in [-0.15, -0.1) is 0 Å². The Bertz CT molecular complexity index is 793. The highest BCUT2D eigenvalue weighted by Gasteiger charge is 2.16. The minimum atomic E-state index is -0.507. The van der Waals surface area contributed by atoms with E-state index in [1.165, 1.54) is 17.2 Å². The fourth-order valence-electron chi connectivity index (χ4n) is 2.24. The Hall–Kier alpha value is -2.60. The quantitative estimate of drug-likeness (QED) is 0.857. The van der Waals surface area contributed by atoms with Crippen LogP contribution in [0, 0.1) is 0 Å². The summed E-state index contributed by atoms with van der Waals surface area (Å²) in [6, 6.07) is 8.37. The van der Waals surface area contributed by atoms with Crippen molar-refractivity contribution in [3.8, 4) is 5.88 Å². The van der Waals surface area contributed by atoms with E-state index in [0.29, 0.717) is 23.6 Å². The number of rotatable bonds is 6. The number of halogens is 1. The summed E-state index contributed by atoms with van der Waals surface area (Å²) in [5.74, 6) is -0.451. The molecule has 1 aromatic carbocycles. The predicted octanol–water partition coefficient (Wildman–Crippen LogP) is 2.89. The van der Waals surface area contributed by atoms with E-state index in [1.54, 1.807) is 25.2 Å². The standard InChI is InChI=1S/C18H20ClN3O3/c1-11(2)25-17-15(19)8-14(9-21-17)18(24)22(3)10-12-5-4-6-13(7-12)16(20)23/h4-9,11H,10H2,1-3H3,(H2,20,23). The molecule has 2 aromatic rings. The lowest BCUT2D eigenvalue weighted by molar-refractivity contribution is 0.0784. The molecule has 0 radical (unpaired) electrons. The third kappa shape index (κ3) is 4.93. The molecule has 132 valence electrons. The third-order valence-electron chi connectivity index (χ3n) is 3.38. The third-order valence-corrected chi connectivity index (χ3v) is 3.65. The highest BCUT2D eigenvalue weighted by atomic mass is 35.5. The van der Waals surface area contributed by atoms with Crippen molar-refractivity contribution in [3.05, 3.63) is 58.2 Å². The monoisotopic (exact) mass is 361 g/mol. The van der Waals surface area contributed by atoms with Crippen molar-refractivity contribution in [3.63, 3.8) is 0 Å². The van der Waals surface area contributed by atoms with Crippen molar-refractivity contribution in [2.75, 3.05) is 7.05 Å². The molecule has 0 spiro atoms. The molecule has 2 rings (SSSR count). The fraction of sp³-hybridized carbons (Fsp3) is 0.278. The number of primary amides is 1. The molecule has 0 aliphatic carbocycles. The van der Waals surface area contributed by atoms with Gasteiger partial charge in [0.05, 0.1) is 11.7 Å². The molecule has 1 heterocycles. The molecule has 0 saturated heterocycles. The molecule has 25 heavy (non-hydrogen) atoms. The van der Waals surface area contributed by atoms with Gasteiger partial charge in [0.15, 0.2) is 0 Å². The van der Waals surface area contributed by atoms with Crippen LogP contribution in [0.4, 0.5) is 0 Å². The number of hydrogen-bond donors (Lipinski definition) is 1. The Morgan fingerprint density at radius 3 is 2.60 bits per heavy atom. The second-order valence-corrected chi connectivity index (χ2v) is 6.31. The zero-order valence-electron chi connectivity index (χ0n) is 14.3. The zero-order chi connectivity index (χ0) is 18.6. The summed E-state index contributed by atoms with van der Waals surface area (Å²) in [4.78, 5) is 29.4. The van der Waals surface area contributed by atoms with Crippen LogP contribution in [0.25, 0.3) is 0 Å². The normalized spacial score (nSPS) is 10.6. The molecule has 0 unspecified atom stereocenters. The van der Waals surface area contributed by atoms with E-state index >= 15 is 0 Å². The number of aromatic nitrogens is 1. The molecule has 1 aromatic heterocycles. The summed E-state index contributed by atoms with van der Waals surface area (Å²) >= 11 is 6.13. The number of ether oxygens (including phenoxy) is 1. The van der Waals surface area contributed by atoms with E-state index < -0.39 is 5.91 Å². The molecular weight excluding hydrogens is 342 g/mol. The van der Waals surface area contributed by atoms with Gasteiger partial charge in [0.2, 0.25) is 11.8 Å². The van der Waals surface area contributed by atoms with Crippen LogP contribution in [0.3, 0.4) is 0 Å². The van der Waals surface area contributed by atoms with Gasteiger partial charge < -0.3 is 15.4 Å². The van der Waals surface area contributed by atoms with E-state index in [4.69, 9.17) is 22.1 Å². The minimum absolute atomic E-state index is 0.0632.